The Labute approximate surface area is 160 Å². The van der Waals surface area contributed by atoms with E-state index in [0.29, 0.717) is 22.8 Å². The predicted octanol–water partition coefficient (Wildman–Crippen LogP) is 4.62. The van der Waals surface area contributed by atoms with Crippen molar-refractivity contribution in [3.05, 3.63) is 40.4 Å². The lowest BCUT2D eigenvalue weighted by atomic mass is 10.1. The second-order valence-corrected chi connectivity index (χ2v) is 7.67. The van der Waals surface area contributed by atoms with E-state index >= 15 is 0 Å². The number of nitriles is 1. The molecule has 5 nitrogen and oxygen atoms in total. The van der Waals surface area contributed by atoms with Gasteiger partial charge < -0.3 is 4.74 Å². The molecular weight excluding hydrogens is 366 g/mol. The fourth-order valence-electron chi connectivity index (χ4n) is 2.46. The zero-order chi connectivity index (χ0) is 18.5. The lowest BCUT2D eigenvalue weighted by Crippen LogP contribution is -2.00. The van der Waals surface area contributed by atoms with E-state index < -0.39 is 0 Å². The highest BCUT2D eigenvalue weighted by Crippen LogP contribution is 2.34. The van der Waals surface area contributed by atoms with Crippen LogP contribution in [0.3, 0.4) is 0 Å². The van der Waals surface area contributed by atoms with Crippen molar-refractivity contribution in [2.24, 2.45) is 4.99 Å². The SMILES string of the molecule is CCCCOc1c(C#N)cnc2ccc(/C=C3\SC(SC)=NC3=O)cc12. The first-order valence-corrected chi connectivity index (χ1v) is 10.2. The molecule has 1 aliphatic heterocycles. The minimum Gasteiger partial charge on any atom is -0.491 e. The first-order valence-electron chi connectivity index (χ1n) is 8.18. The first kappa shape index (κ1) is 18.5. The Hall–Kier alpha value is -2.30. The smallest absolute Gasteiger partial charge is 0.285 e. The van der Waals surface area contributed by atoms with Gasteiger partial charge in [-0.25, -0.2) is 0 Å². The van der Waals surface area contributed by atoms with E-state index in [9.17, 15) is 10.1 Å². The third kappa shape index (κ3) is 3.92. The fraction of sp³-hybridized carbons (Fsp3) is 0.263. The second kappa shape index (κ2) is 8.39. The second-order valence-electron chi connectivity index (χ2n) is 5.59. The monoisotopic (exact) mass is 383 g/mol. The van der Waals surface area contributed by atoms with Gasteiger partial charge in [-0.2, -0.15) is 10.3 Å². The summed E-state index contributed by atoms with van der Waals surface area (Å²) in [6.45, 7) is 2.64. The molecule has 1 aromatic heterocycles. The number of ether oxygens (including phenoxy) is 1. The van der Waals surface area contributed by atoms with Gasteiger partial charge in [0, 0.05) is 11.6 Å². The fourth-order valence-corrected chi connectivity index (χ4v) is 3.88. The summed E-state index contributed by atoms with van der Waals surface area (Å²) < 4.78 is 6.63. The van der Waals surface area contributed by atoms with Crippen molar-refractivity contribution >= 4 is 50.8 Å². The molecular formula is C19H17N3O2S2. The first-order chi connectivity index (χ1) is 12.7. The van der Waals surface area contributed by atoms with Gasteiger partial charge in [0.2, 0.25) is 0 Å². The van der Waals surface area contributed by atoms with Crippen LogP contribution in [-0.4, -0.2) is 28.1 Å². The van der Waals surface area contributed by atoms with Crippen LogP contribution >= 0.6 is 23.5 Å². The van der Waals surface area contributed by atoms with Crippen molar-refractivity contribution in [2.75, 3.05) is 12.9 Å². The summed E-state index contributed by atoms with van der Waals surface area (Å²) in [6.07, 6.45) is 7.18. The molecule has 1 aliphatic rings. The Balaban J connectivity index is 2.00. The molecule has 26 heavy (non-hydrogen) atoms. The van der Waals surface area contributed by atoms with Gasteiger partial charge in [-0.05, 0) is 36.4 Å². The van der Waals surface area contributed by atoms with E-state index in [4.69, 9.17) is 4.74 Å². The number of benzene rings is 1. The number of amides is 1. The van der Waals surface area contributed by atoms with Crippen molar-refractivity contribution in [2.45, 2.75) is 19.8 Å². The summed E-state index contributed by atoms with van der Waals surface area (Å²) in [5.41, 5.74) is 2.02. The summed E-state index contributed by atoms with van der Waals surface area (Å²) in [7, 11) is 0. The number of fused-ring (bicyclic) bond motifs is 1. The molecule has 1 amide bonds. The average Bonchev–Trinajstić information content (AvgIpc) is 3.01. The molecule has 0 unspecified atom stereocenters. The Kier molecular flexibility index (Phi) is 5.96. The molecule has 7 heteroatoms. The number of pyridine rings is 1. The van der Waals surface area contributed by atoms with Crippen molar-refractivity contribution in [3.8, 4) is 11.8 Å². The van der Waals surface area contributed by atoms with Crippen LogP contribution in [-0.2, 0) is 4.79 Å². The molecule has 0 saturated heterocycles. The summed E-state index contributed by atoms with van der Waals surface area (Å²) in [5, 5.41) is 10.2. The molecule has 0 fully saturated rings. The van der Waals surface area contributed by atoms with E-state index in [2.05, 4.69) is 23.0 Å². The maximum absolute atomic E-state index is 12.0. The number of unbranched alkanes of at least 4 members (excludes halogenated alkanes) is 1. The van der Waals surface area contributed by atoms with Crippen molar-refractivity contribution in [3.63, 3.8) is 0 Å². The molecule has 1 aromatic carbocycles. The number of hydrogen-bond acceptors (Lipinski definition) is 6. The molecule has 0 N–H and O–H groups in total. The van der Waals surface area contributed by atoms with Gasteiger partial charge in [0.05, 0.1) is 17.0 Å². The van der Waals surface area contributed by atoms with Gasteiger partial charge in [0.15, 0.2) is 0 Å². The molecule has 0 saturated carbocycles. The Morgan fingerprint density at radius 3 is 2.96 bits per heavy atom. The van der Waals surface area contributed by atoms with Crippen LogP contribution in [0, 0.1) is 11.3 Å². The van der Waals surface area contributed by atoms with Crippen molar-refractivity contribution < 1.29 is 9.53 Å². The minimum atomic E-state index is -0.220. The number of nitrogens with zero attached hydrogens (tertiary/aromatic N) is 3. The molecule has 0 atom stereocenters. The lowest BCUT2D eigenvalue weighted by molar-refractivity contribution is -0.113. The number of rotatable bonds is 5. The molecule has 3 rings (SSSR count). The van der Waals surface area contributed by atoms with Crippen LogP contribution in [0.25, 0.3) is 17.0 Å². The molecule has 2 heterocycles. The molecule has 0 aliphatic carbocycles. The van der Waals surface area contributed by atoms with E-state index in [1.807, 2.05) is 30.5 Å². The standard InChI is InChI=1S/C19H17N3O2S2/c1-3-4-7-24-17-13(10-20)11-21-15-6-5-12(8-14(15)17)9-16-18(23)22-19(25-2)26-16/h5-6,8-9,11H,3-4,7H2,1-2H3/b16-9-. The third-order valence-electron chi connectivity index (χ3n) is 3.78. The maximum atomic E-state index is 12.0. The molecule has 2 aromatic rings. The number of hydrogen-bond donors (Lipinski definition) is 0. The van der Waals surface area contributed by atoms with Crippen LogP contribution in [0.1, 0.15) is 30.9 Å². The van der Waals surface area contributed by atoms with Crippen molar-refractivity contribution in [1.29, 1.82) is 5.26 Å². The number of carbonyl (C=O) groups is 1. The van der Waals surface area contributed by atoms with Crippen LogP contribution in [0.4, 0.5) is 0 Å². The van der Waals surface area contributed by atoms with Crippen LogP contribution < -0.4 is 4.74 Å². The summed E-state index contributed by atoms with van der Waals surface area (Å²) in [4.78, 5) is 20.9. The highest BCUT2D eigenvalue weighted by atomic mass is 32.2. The topological polar surface area (TPSA) is 75.3 Å². The average molecular weight is 383 g/mol. The van der Waals surface area contributed by atoms with Gasteiger partial charge in [0.1, 0.15) is 21.8 Å². The quantitative estimate of drug-likeness (QED) is 0.554. The normalized spacial score (nSPS) is 15.3. The van der Waals surface area contributed by atoms with Crippen molar-refractivity contribution in [1.82, 2.24) is 4.98 Å². The highest BCUT2D eigenvalue weighted by molar-refractivity contribution is 8.40. The van der Waals surface area contributed by atoms with Gasteiger partial charge in [-0.1, -0.05) is 31.2 Å². The zero-order valence-corrected chi connectivity index (χ0v) is 16.1. The molecule has 0 radical (unpaired) electrons. The van der Waals surface area contributed by atoms with Gasteiger partial charge in [0.25, 0.3) is 5.91 Å². The summed E-state index contributed by atoms with van der Waals surface area (Å²) in [5.74, 6) is 0.334. The molecule has 132 valence electrons. The third-order valence-corrected chi connectivity index (χ3v) is 5.75. The number of aromatic nitrogens is 1. The highest BCUT2D eigenvalue weighted by Gasteiger charge is 2.21. The number of carbonyl (C=O) groups excluding carboxylic acids is 1. The van der Waals surface area contributed by atoms with Crippen LogP contribution in [0.5, 0.6) is 5.75 Å². The van der Waals surface area contributed by atoms with Gasteiger partial charge in [-0.3, -0.25) is 9.78 Å². The maximum Gasteiger partial charge on any atom is 0.285 e. The molecule has 0 spiro atoms. The van der Waals surface area contributed by atoms with Gasteiger partial charge >= 0.3 is 0 Å². The summed E-state index contributed by atoms with van der Waals surface area (Å²) in [6, 6.07) is 7.82. The minimum absolute atomic E-state index is 0.220. The van der Waals surface area contributed by atoms with Crippen LogP contribution in [0.2, 0.25) is 0 Å². The number of aliphatic imine (C=N–C) groups is 1. The van der Waals surface area contributed by atoms with E-state index in [0.717, 1.165) is 33.7 Å². The Morgan fingerprint density at radius 2 is 2.27 bits per heavy atom. The van der Waals surface area contributed by atoms with Gasteiger partial charge in [-0.15, -0.1) is 11.8 Å². The largest absolute Gasteiger partial charge is 0.491 e. The summed E-state index contributed by atoms with van der Waals surface area (Å²) >= 11 is 2.83. The Bertz CT molecular complexity index is 961. The zero-order valence-electron chi connectivity index (χ0n) is 14.5. The molecule has 0 bridgehead atoms. The Morgan fingerprint density at radius 1 is 1.42 bits per heavy atom. The number of thioether (sulfide) groups is 2. The van der Waals surface area contributed by atoms with E-state index in [1.165, 1.54) is 29.7 Å². The lowest BCUT2D eigenvalue weighted by Gasteiger charge is -2.11. The van der Waals surface area contributed by atoms with Crippen LogP contribution in [0.15, 0.2) is 34.3 Å². The van der Waals surface area contributed by atoms with E-state index in [1.54, 1.807) is 0 Å². The predicted molar refractivity (Wildman–Crippen MR) is 108 cm³/mol. The van der Waals surface area contributed by atoms with E-state index in [-0.39, 0.29) is 5.91 Å².